The molecule has 4 saturated carbocycles. The third-order valence-corrected chi connectivity index (χ3v) is 14.8. The van der Waals surface area contributed by atoms with E-state index >= 15 is 0 Å². The van der Waals surface area contributed by atoms with Gasteiger partial charge in [-0.2, -0.15) is 0 Å². The van der Waals surface area contributed by atoms with Crippen LogP contribution in [0.2, 0.25) is 0 Å². The van der Waals surface area contributed by atoms with E-state index in [-0.39, 0.29) is 52.6 Å². The molecule has 8 heteroatoms. The van der Waals surface area contributed by atoms with Crippen LogP contribution >= 0.6 is 0 Å². The van der Waals surface area contributed by atoms with Gasteiger partial charge in [-0.3, -0.25) is 4.79 Å². The molecule has 0 spiro atoms. The Morgan fingerprint density at radius 3 is 2.30 bits per heavy atom. The average Bonchev–Trinajstić information content (AvgIpc) is 2.93. The Morgan fingerprint density at radius 1 is 0.930 bits per heavy atom. The highest BCUT2D eigenvalue weighted by molar-refractivity contribution is 5.76. The number of aliphatic carboxylic acids is 1. The van der Waals surface area contributed by atoms with E-state index in [1.807, 2.05) is 0 Å². The summed E-state index contributed by atoms with van der Waals surface area (Å²) in [6.07, 6.45) is 6.24. The molecule has 0 radical (unpaired) electrons. The van der Waals surface area contributed by atoms with Crippen molar-refractivity contribution in [2.45, 2.75) is 143 Å². The van der Waals surface area contributed by atoms with Gasteiger partial charge in [-0.1, -0.05) is 53.2 Å². The van der Waals surface area contributed by atoms with E-state index in [9.17, 15) is 30.3 Å². The largest absolute Gasteiger partial charge is 0.481 e. The fourth-order valence-electron chi connectivity index (χ4n) is 11.9. The summed E-state index contributed by atoms with van der Waals surface area (Å²) in [5, 5.41) is 52.2. The van der Waals surface area contributed by atoms with Crippen LogP contribution in [0.25, 0.3) is 0 Å². The fraction of sp³-hybridized carbons (Fsp3) is 0.914. The summed E-state index contributed by atoms with van der Waals surface area (Å²) in [6, 6.07) is 0. The maximum Gasteiger partial charge on any atom is 0.310 e. The van der Waals surface area contributed by atoms with Crippen molar-refractivity contribution in [1.29, 1.82) is 0 Å². The molecule has 1 aliphatic heterocycles. The monoisotopic (exact) mass is 604 g/mol. The topological polar surface area (TPSA) is 137 Å². The van der Waals surface area contributed by atoms with Crippen molar-refractivity contribution in [3.63, 3.8) is 0 Å². The van der Waals surface area contributed by atoms with E-state index in [1.165, 1.54) is 5.57 Å². The third-order valence-electron chi connectivity index (χ3n) is 14.8. The quantitative estimate of drug-likeness (QED) is 0.223. The Balaban J connectivity index is 1.32. The number of aliphatic hydroxyl groups is 4. The minimum atomic E-state index is -1.41. The number of hydrogen-bond donors (Lipinski definition) is 5. The molecule has 8 nitrogen and oxygen atoms in total. The smallest absolute Gasteiger partial charge is 0.310 e. The molecular weight excluding hydrogens is 548 g/mol. The van der Waals surface area contributed by atoms with E-state index < -0.39 is 41.6 Å². The van der Waals surface area contributed by atoms with Crippen molar-refractivity contribution in [2.75, 3.05) is 6.61 Å². The average molecular weight is 605 g/mol. The predicted octanol–water partition coefficient (Wildman–Crippen LogP) is 5.02. The van der Waals surface area contributed by atoms with Gasteiger partial charge in [0.05, 0.1) is 18.1 Å². The lowest BCUT2D eigenvalue weighted by molar-refractivity contribution is -0.342. The first-order valence-corrected chi connectivity index (χ1v) is 16.9. The minimum Gasteiger partial charge on any atom is -0.481 e. The molecule has 5 fully saturated rings. The highest BCUT2D eigenvalue weighted by Crippen LogP contribution is 2.76. The zero-order chi connectivity index (χ0) is 31.4. The van der Waals surface area contributed by atoms with Crippen LogP contribution in [-0.4, -0.2) is 69.0 Å². The van der Waals surface area contributed by atoms with Crippen molar-refractivity contribution in [1.82, 2.24) is 0 Å². The number of carboxylic acids is 1. The molecule has 43 heavy (non-hydrogen) atoms. The molecule has 13 unspecified atom stereocenters. The molecular formula is C35H56O8. The van der Waals surface area contributed by atoms with Crippen molar-refractivity contribution in [3.05, 3.63) is 11.6 Å². The number of ether oxygens (including phenoxy) is 2. The van der Waals surface area contributed by atoms with Crippen molar-refractivity contribution < 1.29 is 39.8 Å². The first-order valence-electron chi connectivity index (χ1n) is 16.9. The molecule has 0 aromatic heterocycles. The second-order valence-corrected chi connectivity index (χ2v) is 17.3. The van der Waals surface area contributed by atoms with E-state index in [0.29, 0.717) is 12.3 Å². The van der Waals surface area contributed by atoms with Crippen molar-refractivity contribution in [3.8, 4) is 0 Å². The van der Waals surface area contributed by atoms with Gasteiger partial charge in [0.1, 0.15) is 12.2 Å². The number of hydrogen-bond acceptors (Lipinski definition) is 7. The Morgan fingerprint density at radius 2 is 1.63 bits per heavy atom. The van der Waals surface area contributed by atoms with Crippen molar-refractivity contribution >= 4 is 5.97 Å². The van der Waals surface area contributed by atoms with Crippen LogP contribution in [0.3, 0.4) is 0 Å². The number of rotatable bonds is 4. The van der Waals surface area contributed by atoms with Crippen molar-refractivity contribution in [2.24, 2.45) is 50.2 Å². The lowest BCUT2D eigenvalue weighted by atomic mass is 9.33. The summed E-state index contributed by atoms with van der Waals surface area (Å²) in [5.41, 5.74) is 0.232. The van der Waals surface area contributed by atoms with Gasteiger partial charge < -0.3 is 35.0 Å². The first-order chi connectivity index (χ1) is 20.0. The summed E-state index contributed by atoms with van der Waals surface area (Å²) in [7, 11) is 0. The molecule has 1 heterocycles. The molecule has 5 N–H and O–H groups in total. The lowest BCUT2D eigenvalue weighted by Crippen LogP contribution is -2.66. The summed E-state index contributed by atoms with van der Waals surface area (Å²) in [6.45, 7) is 14.0. The molecule has 0 bridgehead atoms. The molecule has 0 aromatic rings. The van der Waals surface area contributed by atoms with Gasteiger partial charge in [0, 0.05) is 11.8 Å². The standard InChI is InChI=1S/C35H56O8/c1-30(2)13-15-35(29(40)41)16-14-33(5)20(21(35)18-30)7-8-25-31(3)11-10-26(42-28-23(38)17-22(37)27(39)43-28)32(4,19-36)24(31)9-12-34(25,33)6/h7,21-28,36-39H,8-19H2,1-6H3,(H,40,41). The van der Waals surface area contributed by atoms with Gasteiger partial charge in [0.25, 0.3) is 0 Å². The molecule has 1 saturated heterocycles. The van der Waals surface area contributed by atoms with E-state index in [4.69, 9.17) is 9.47 Å². The Hall–Kier alpha value is -1.03. The maximum absolute atomic E-state index is 12.9. The summed E-state index contributed by atoms with van der Waals surface area (Å²) >= 11 is 0. The normalized spacial score (nSPS) is 54.3. The Bertz CT molecular complexity index is 1150. The minimum absolute atomic E-state index is 0.0154. The number of carbonyl (C=O) groups is 1. The zero-order valence-electron chi connectivity index (χ0n) is 27.1. The third kappa shape index (κ3) is 4.40. The van der Waals surface area contributed by atoms with Gasteiger partial charge in [0.15, 0.2) is 12.6 Å². The van der Waals surface area contributed by atoms with Gasteiger partial charge in [-0.25, -0.2) is 0 Å². The molecule has 0 amide bonds. The summed E-state index contributed by atoms with van der Waals surface area (Å²) in [4.78, 5) is 12.9. The van der Waals surface area contributed by atoms with Gasteiger partial charge in [0.2, 0.25) is 0 Å². The molecule has 0 aromatic carbocycles. The number of fused-ring (bicyclic) bond motifs is 7. The van der Waals surface area contributed by atoms with Crippen LogP contribution in [0.5, 0.6) is 0 Å². The molecule has 6 rings (SSSR count). The highest BCUT2D eigenvalue weighted by atomic mass is 16.7. The van der Waals surface area contributed by atoms with Gasteiger partial charge >= 0.3 is 5.97 Å². The zero-order valence-corrected chi connectivity index (χ0v) is 27.1. The first kappa shape index (κ1) is 31.9. The molecule has 244 valence electrons. The molecule has 13 atom stereocenters. The van der Waals surface area contributed by atoms with E-state index in [1.54, 1.807) is 0 Å². The molecule has 5 aliphatic carbocycles. The predicted molar refractivity (Wildman–Crippen MR) is 160 cm³/mol. The number of carboxylic acid groups (broad SMARTS) is 1. The van der Waals surface area contributed by atoms with Crippen LogP contribution in [0.4, 0.5) is 0 Å². The maximum atomic E-state index is 12.9. The SMILES string of the molecule is CC1(C)CCC2(C(=O)O)CCC3(C)C(=CCC4C5(C)CCC(OC6OC(O)C(O)CC6O)C(C)(CO)C5CCC43C)C2C1. The number of allylic oxidation sites excluding steroid dienone is 2. The van der Waals surface area contributed by atoms with Crippen LogP contribution in [-0.2, 0) is 14.3 Å². The van der Waals surface area contributed by atoms with Crippen LogP contribution in [0.15, 0.2) is 11.6 Å². The number of aliphatic hydroxyl groups excluding tert-OH is 4. The molecule has 6 aliphatic rings. The van der Waals surface area contributed by atoms with Crippen LogP contribution < -0.4 is 0 Å². The fourth-order valence-corrected chi connectivity index (χ4v) is 11.9. The van der Waals surface area contributed by atoms with Crippen LogP contribution in [0, 0.1) is 50.2 Å². The second kappa shape index (κ2) is 10.2. The summed E-state index contributed by atoms with van der Waals surface area (Å²) < 4.78 is 11.8. The van der Waals surface area contributed by atoms with Gasteiger partial charge in [-0.15, -0.1) is 0 Å². The van der Waals surface area contributed by atoms with Gasteiger partial charge in [-0.05, 0) is 104 Å². The van der Waals surface area contributed by atoms with E-state index in [0.717, 1.165) is 57.8 Å². The second-order valence-electron chi connectivity index (χ2n) is 17.3. The van der Waals surface area contributed by atoms with Crippen LogP contribution in [0.1, 0.15) is 112 Å². The van der Waals surface area contributed by atoms with E-state index in [2.05, 4.69) is 47.6 Å². The highest BCUT2D eigenvalue weighted by Gasteiger charge is 2.70. The lowest BCUT2D eigenvalue weighted by Gasteiger charge is -2.71. The Kier molecular flexibility index (Phi) is 7.60. The summed E-state index contributed by atoms with van der Waals surface area (Å²) in [5.74, 6) is 0.0529. The Labute approximate surface area is 257 Å².